The van der Waals surface area contributed by atoms with E-state index in [2.05, 4.69) is 28.4 Å². The van der Waals surface area contributed by atoms with Crippen molar-refractivity contribution in [2.45, 2.75) is 18.9 Å². The maximum absolute atomic E-state index is 12.2. The van der Waals surface area contributed by atoms with E-state index in [1.54, 1.807) is 0 Å². The molecule has 0 unspecified atom stereocenters. The molecule has 0 saturated heterocycles. The zero-order chi connectivity index (χ0) is 19.4. The van der Waals surface area contributed by atoms with Gasteiger partial charge in [-0.05, 0) is 49.7 Å². The fourth-order valence-corrected chi connectivity index (χ4v) is 3.25. The molecule has 0 aliphatic heterocycles. The Kier molecular flexibility index (Phi) is 5.61. The van der Waals surface area contributed by atoms with Crippen LogP contribution in [0.2, 0.25) is 0 Å². The zero-order valence-corrected chi connectivity index (χ0v) is 15.7. The summed E-state index contributed by atoms with van der Waals surface area (Å²) >= 11 is 1.29. The number of aromatic nitrogens is 2. The SMILES string of the molecule is Cc1ccc(C)c(-c2ccc(SCC(=O)c3ccc([N+](=O)[O-])cc3)nn2)c1. The average molecular weight is 379 g/mol. The lowest BCUT2D eigenvalue weighted by atomic mass is 10.0. The van der Waals surface area contributed by atoms with E-state index in [0.29, 0.717) is 10.6 Å². The molecule has 0 radical (unpaired) electrons. The van der Waals surface area contributed by atoms with Crippen molar-refractivity contribution in [2.24, 2.45) is 0 Å². The van der Waals surface area contributed by atoms with Crippen LogP contribution in [-0.4, -0.2) is 26.7 Å². The smallest absolute Gasteiger partial charge is 0.269 e. The summed E-state index contributed by atoms with van der Waals surface area (Å²) in [6, 6.07) is 15.5. The van der Waals surface area contributed by atoms with Crippen LogP contribution in [0.15, 0.2) is 59.6 Å². The van der Waals surface area contributed by atoms with Crippen LogP contribution < -0.4 is 0 Å². The number of hydrogen-bond donors (Lipinski definition) is 0. The topological polar surface area (TPSA) is 86.0 Å². The van der Waals surface area contributed by atoms with Crippen molar-refractivity contribution in [3.63, 3.8) is 0 Å². The summed E-state index contributed by atoms with van der Waals surface area (Å²) in [7, 11) is 0. The number of nitro groups is 1. The molecular weight excluding hydrogens is 362 g/mol. The highest BCUT2D eigenvalue weighted by Crippen LogP contribution is 2.24. The highest BCUT2D eigenvalue weighted by Gasteiger charge is 2.11. The van der Waals surface area contributed by atoms with Gasteiger partial charge in [0.05, 0.1) is 16.4 Å². The fourth-order valence-electron chi connectivity index (χ4n) is 2.54. The Bertz CT molecular complexity index is 986. The first-order valence-corrected chi connectivity index (χ1v) is 9.24. The summed E-state index contributed by atoms with van der Waals surface area (Å²) in [5.74, 6) is 0.0743. The normalized spacial score (nSPS) is 10.6. The Hall–Kier alpha value is -3.06. The zero-order valence-electron chi connectivity index (χ0n) is 14.9. The second-order valence-electron chi connectivity index (χ2n) is 6.09. The van der Waals surface area contributed by atoms with Gasteiger partial charge in [0.2, 0.25) is 0 Å². The summed E-state index contributed by atoms with van der Waals surface area (Å²) in [4.78, 5) is 22.4. The fraction of sp³-hybridized carbons (Fsp3) is 0.150. The van der Waals surface area contributed by atoms with Gasteiger partial charge in [-0.1, -0.05) is 29.5 Å². The second kappa shape index (κ2) is 8.09. The molecule has 0 aliphatic carbocycles. The number of non-ortho nitro benzene ring substituents is 1. The molecule has 0 amide bonds. The van der Waals surface area contributed by atoms with Crippen molar-refractivity contribution in [1.82, 2.24) is 10.2 Å². The summed E-state index contributed by atoms with van der Waals surface area (Å²) in [6.45, 7) is 4.06. The molecule has 0 bridgehead atoms. The molecular formula is C20H17N3O3S. The van der Waals surface area contributed by atoms with Gasteiger partial charge in [0.15, 0.2) is 5.78 Å². The van der Waals surface area contributed by atoms with Crippen LogP contribution in [0.3, 0.4) is 0 Å². The lowest BCUT2D eigenvalue weighted by Gasteiger charge is -2.06. The third-order valence-electron chi connectivity index (χ3n) is 4.06. The molecule has 2 aromatic carbocycles. The molecule has 3 aromatic rings. The van der Waals surface area contributed by atoms with Crippen LogP contribution in [0.5, 0.6) is 0 Å². The van der Waals surface area contributed by atoms with Gasteiger partial charge in [-0.15, -0.1) is 10.2 Å². The van der Waals surface area contributed by atoms with Gasteiger partial charge in [-0.25, -0.2) is 0 Å². The molecule has 3 rings (SSSR count). The van der Waals surface area contributed by atoms with Crippen LogP contribution in [0.25, 0.3) is 11.3 Å². The monoisotopic (exact) mass is 379 g/mol. The molecule has 0 spiro atoms. The summed E-state index contributed by atoms with van der Waals surface area (Å²) in [5, 5.41) is 19.8. The van der Waals surface area contributed by atoms with Crippen molar-refractivity contribution >= 4 is 23.2 Å². The maximum Gasteiger partial charge on any atom is 0.269 e. The van der Waals surface area contributed by atoms with E-state index in [-0.39, 0.29) is 17.2 Å². The number of carbonyl (C=O) groups is 1. The molecule has 1 aromatic heterocycles. The first-order valence-electron chi connectivity index (χ1n) is 8.26. The first kappa shape index (κ1) is 18.7. The van der Waals surface area contributed by atoms with E-state index in [0.717, 1.165) is 22.4 Å². The van der Waals surface area contributed by atoms with Gasteiger partial charge in [-0.2, -0.15) is 0 Å². The Balaban J connectivity index is 1.65. The van der Waals surface area contributed by atoms with E-state index in [9.17, 15) is 14.9 Å². The molecule has 0 saturated carbocycles. The number of rotatable bonds is 6. The largest absolute Gasteiger partial charge is 0.293 e. The van der Waals surface area contributed by atoms with Gasteiger partial charge in [0.1, 0.15) is 5.03 Å². The Morgan fingerprint density at radius 3 is 2.41 bits per heavy atom. The van der Waals surface area contributed by atoms with E-state index < -0.39 is 4.92 Å². The van der Waals surface area contributed by atoms with Crippen LogP contribution in [0.1, 0.15) is 21.5 Å². The van der Waals surface area contributed by atoms with Crippen molar-refractivity contribution < 1.29 is 9.72 Å². The minimum absolute atomic E-state index is 0.0351. The van der Waals surface area contributed by atoms with Crippen LogP contribution >= 0.6 is 11.8 Å². The van der Waals surface area contributed by atoms with Gasteiger partial charge < -0.3 is 0 Å². The number of thioether (sulfide) groups is 1. The molecule has 0 fully saturated rings. The maximum atomic E-state index is 12.2. The van der Waals surface area contributed by atoms with E-state index in [4.69, 9.17) is 0 Å². The molecule has 1 heterocycles. The predicted octanol–water partition coefficient (Wildman–Crippen LogP) is 4.64. The number of aryl methyl sites for hydroxylation is 2. The number of Topliss-reactive ketones (excluding diaryl/α,β-unsaturated/α-hetero) is 1. The molecule has 27 heavy (non-hydrogen) atoms. The standard InChI is InChI=1S/C20H17N3O3S/c1-13-3-4-14(2)17(11-13)18-9-10-20(22-21-18)27-12-19(24)15-5-7-16(8-6-15)23(25)26/h3-11H,12H2,1-2H3. The van der Waals surface area contributed by atoms with E-state index in [1.807, 2.05) is 26.0 Å². The van der Waals surface area contributed by atoms with Crippen molar-refractivity contribution in [3.8, 4) is 11.3 Å². The average Bonchev–Trinajstić information content (AvgIpc) is 2.68. The predicted molar refractivity (Wildman–Crippen MR) is 105 cm³/mol. The summed E-state index contributed by atoms with van der Waals surface area (Å²) in [6.07, 6.45) is 0. The van der Waals surface area contributed by atoms with Crippen molar-refractivity contribution in [2.75, 3.05) is 5.75 Å². The third kappa shape index (κ3) is 4.57. The third-order valence-corrected chi connectivity index (χ3v) is 4.98. The van der Waals surface area contributed by atoms with Crippen LogP contribution in [-0.2, 0) is 0 Å². The molecule has 7 heteroatoms. The quantitative estimate of drug-likeness (QED) is 0.268. The van der Waals surface area contributed by atoms with E-state index in [1.165, 1.54) is 36.0 Å². The van der Waals surface area contributed by atoms with Crippen LogP contribution in [0, 0.1) is 24.0 Å². The highest BCUT2D eigenvalue weighted by molar-refractivity contribution is 7.99. The molecule has 0 N–H and O–H groups in total. The van der Waals surface area contributed by atoms with E-state index >= 15 is 0 Å². The first-order chi connectivity index (χ1) is 12.9. The highest BCUT2D eigenvalue weighted by atomic mass is 32.2. The summed E-state index contributed by atoms with van der Waals surface area (Å²) < 4.78 is 0. The molecule has 6 nitrogen and oxygen atoms in total. The summed E-state index contributed by atoms with van der Waals surface area (Å²) in [5.41, 5.74) is 4.52. The second-order valence-corrected chi connectivity index (χ2v) is 7.09. The minimum Gasteiger partial charge on any atom is -0.293 e. The number of benzene rings is 2. The molecule has 136 valence electrons. The van der Waals surface area contributed by atoms with Crippen molar-refractivity contribution in [3.05, 3.63) is 81.4 Å². The van der Waals surface area contributed by atoms with Gasteiger partial charge >= 0.3 is 0 Å². The number of nitrogens with zero attached hydrogens (tertiary/aromatic N) is 3. The van der Waals surface area contributed by atoms with Gasteiger partial charge in [-0.3, -0.25) is 14.9 Å². The lowest BCUT2D eigenvalue weighted by Crippen LogP contribution is -2.03. The molecule has 0 aliphatic rings. The number of ketones is 1. The van der Waals surface area contributed by atoms with Gasteiger partial charge in [0, 0.05) is 23.3 Å². The Labute approximate surface area is 160 Å². The van der Waals surface area contributed by atoms with Gasteiger partial charge in [0.25, 0.3) is 5.69 Å². The molecule has 0 atom stereocenters. The van der Waals surface area contributed by atoms with Crippen molar-refractivity contribution in [1.29, 1.82) is 0 Å². The number of carbonyl (C=O) groups excluding carboxylic acids is 1. The minimum atomic E-state index is -0.490. The number of hydrogen-bond acceptors (Lipinski definition) is 6. The van der Waals surface area contributed by atoms with Crippen LogP contribution in [0.4, 0.5) is 5.69 Å². The number of nitro benzene ring substituents is 1. The Morgan fingerprint density at radius 1 is 1.04 bits per heavy atom. The Morgan fingerprint density at radius 2 is 1.78 bits per heavy atom. The lowest BCUT2D eigenvalue weighted by molar-refractivity contribution is -0.384.